The molecular weight excluding hydrogens is 374 g/mol. The Morgan fingerprint density at radius 2 is 1.86 bits per heavy atom. The maximum absolute atomic E-state index is 12.4. The summed E-state index contributed by atoms with van der Waals surface area (Å²) in [5, 5.41) is 11.8. The Bertz CT molecular complexity index is 1000. The predicted molar refractivity (Wildman–Crippen MR) is 110 cm³/mol. The minimum Gasteiger partial charge on any atom is -0.339 e. The SMILES string of the molecule is O=C(/C=C/c1ccc([N+](=O)[O-])cc1)N1CCC(c2nc3ccccc3s2)CC1. The number of carbonyl (C=O) groups excluding carboxylic acids is 1. The van der Waals surface area contributed by atoms with Crippen LogP contribution in [0.1, 0.15) is 29.3 Å². The Hall–Kier alpha value is -3.06. The van der Waals surface area contributed by atoms with Gasteiger partial charge in [0.2, 0.25) is 5.91 Å². The first kappa shape index (κ1) is 18.3. The summed E-state index contributed by atoms with van der Waals surface area (Å²) in [5.74, 6) is 0.376. The molecule has 7 heteroatoms. The maximum Gasteiger partial charge on any atom is 0.269 e. The lowest BCUT2D eigenvalue weighted by Gasteiger charge is -2.30. The van der Waals surface area contributed by atoms with E-state index in [0.29, 0.717) is 19.0 Å². The zero-order chi connectivity index (χ0) is 19.5. The summed E-state index contributed by atoms with van der Waals surface area (Å²) in [5.41, 5.74) is 1.86. The van der Waals surface area contributed by atoms with Crippen molar-refractivity contribution < 1.29 is 9.72 Å². The molecule has 1 aliphatic rings. The molecule has 3 aromatic rings. The Morgan fingerprint density at radius 1 is 1.14 bits per heavy atom. The standard InChI is InChI=1S/C21H19N3O3S/c25-20(10-7-15-5-8-17(9-6-15)24(26)27)23-13-11-16(12-14-23)21-22-18-3-1-2-4-19(18)28-21/h1-10,16H,11-14H2/b10-7+. The number of non-ortho nitro benzene ring substituents is 1. The number of benzene rings is 2. The van der Waals surface area contributed by atoms with Gasteiger partial charge in [0.1, 0.15) is 0 Å². The fourth-order valence-electron chi connectivity index (χ4n) is 3.39. The second kappa shape index (κ2) is 7.90. The summed E-state index contributed by atoms with van der Waals surface area (Å²) in [7, 11) is 0. The number of thiazole rings is 1. The first-order valence-corrected chi connectivity index (χ1v) is 9.99. The minimum atomic E-state index is -0.436. The number of hydrogen-bond donors (Lipinski definition) is 0. The maximum atomic E-state index is 12.4. The average molecular weight is 393 g/mol. The Balaban J connectivity index is 1.35. The third-order valence-corrected chi connectivity index (χ3v) is 6.19. The van der Waals surface area contributed by atoms with E-state index in [1.54, 1.807) is 35.6 Å². The number of rotatable bonds is 4. The van der Waals surface area contributed by atoms with Crippen LogP contribution in [0.25, 0.3) is 16.3 Å². The monoisotopic (exact) mass is 393 g/mol. The molecule has 4 rings (SSSR count). The van der Waals surface area contributed by atoms with Crippen molar-refractivity contribution in [3.8, 4) is 0 Å². The van der Waals surface area contributed by atoms with Gasteiger partial charge in [0.05, 0.1) is 20.1 Å². The van der Waals surface area contributed by atoms with Crippen molar-refractivity contribution in [3.63, 3.8) is 0 Å². The van der Waals surface area contributed by atoms with Gasteiger partial charge in [0.25, 0.3) is 5.69 Å². The molecule has 1 fully saturated rings. The summed E-state index contributed by atoms with van der Waals surface area (Å²) in [6.45, 7) is 1.42. The van der Waals surface area contributed by atoms with E-state index in [1.807, 2.05) is 23.1 Å². The number of nitro groups is 1. The van der Waals surface area contributed by atoms with Crippen LogP contribution < -0.4 is 0 Å². The molecule has 6 nitrogen and oxygen atoms in total. The summed E-state index contributed by atoms with van der Waals surface area (Å²) in [6, 6.07) is 14.3. The first-order valence-electron chi connectivity index (χ1n) is 9.17. The Morgan fingerprint density at radius 3 is 2.54 bits per heavy atom. The molecule has 2 aromatic carbocycles. The van der Waals surface area contributed by atoms with Crippen molar-refractivity contribution >= 4 is 39.2 Å². The molecule has 0 N–H and O–H groups in total. The highest BCUT2D eigenvalue weighted by Crippen LogP contribution is 2.33. The number of aromatic nitrogens is 1. The van der Waals surface area contributed by atoms with Crippen molar-refractivity contribution in [2.75, 3.05) is 13.1 Å². The molecule has 1 aliphatic heterocycles. The van der Waals surface area contributed by atoms with E-state index in [9.17, 15) is 14.9 Å². The van der Waals surface area contributed by atoms with Crippen molar-refractivity contribution in [2.24, 2.45) is 0 Å². The molecule has 1 saturated heterocycles. The third-order valence-electron chi connectivity index (χ3n) is 4.99. The first-order chi connectivity index (χ1) is 13.6. The quantitative estimate of drug-likeness (QED) is 0.368. The topological polar surface area (TPSA) is 76.3 Å². The number of hydrogen-bond acceptors (Lipinski definition) is 5. The van der Waals surface area contributed by atoms with Crippen molar-refractivity contribution in [1.29, 1.82) is 0 Å². The van der Waals surface area contributed by atoms with Crippen LogP contribution in [0.2, 0.25) is 0 Å². The molecule has 0 saturated carbocycles. The molecular formula is C21H19N3O3S. The van der Waals surface area contributed by atoms with E-state index in [1.165, 1.54) is 16.8 Å². The number of amides is 1. The summed E-state index contributed by atoms with van der Waals surface area (Å²) < 4.78 is 1.21. The summed E-state index contributed by atoms with van der Waals surface area (Å²) in [6.07, 6.45) is 5.07. The molecule has 0 spiro atoms. The van der Waals surface area contributed by atoms with Crippen molar-refractivity contribution in [2.45, 2.75) is 18.8 Å². The van der Waals surface area contributed by atoms with E-state index in [-0.39, 0.29) is 11.6 Å². The van der Waals surface area contributed by atoms with Gasteiger partial charge in [-0.2, -0.15) is 0 Å². The van der Waals surface area contributed by atoms with Crippen molar-refractivity contribution in [1.82, 2.24) is 9.88 Å². The molecule has 0 unspecified atom stereocenters. The van der Waals surface area contributed by atoms with Gasteiger partial charge in [0.15, 0.2) is 0 Å². The van der Waals surface area contributed by atoms with Gasteiger partial charge in [-0.3, -0.25) is 14.9 Å². The van der Waals surface area contributed by atoms with Crippen LogP contribution in [0, 0.1) is 10.1 Å². The Labute approximate surface area is 166 Å². The van der Waals surface area contributed by atoms with E-state index >= 15 is 0 Å². The average Bonchev–Trinajstić information content (AvgIpc) is 3.16. The minimum absolute atomic E-state index is 0.0268. The van der Waals surface area contributed by atoms with Crippen LogP contribution in [-0.2, 0) is 4.79 Å². The smallest absolute Gasteiger partial charge is 0.269 e. The predicted octanol–water partition coefficient (Wildman–Crippen LogP) is 4.62. The highest BCUT2D eigenvalue weighted by molar-refractivity contribution is 7.18. The van der Waals surface area contributed by atoms with Crippen LogP contribution in [0.5, 0.6) is 0 Å². The lowest BCUT2D eigenvalue weighted by atomic mass is 9.97. The highest BCUT2D eigenvalue weighted by atomic mass is 32.1. The number of para-hydroxylation sites is 1. The second-order valence-corrected chi connectivity index (χ2v) is 7.86. The molecule has 0 bridgehead atoms. The van der Waals surface area contributed by atoms with Crippen LogP contribution in [-0.4, -0.2) is 33.8 Å². The second-order valence-electron chi connectivity index (χ2n) is 6.80. The zero-order valence-corrected chi connectivity index (χ0v) is 16.0. The van der Waals surface area contributed by atoms with Gasteiger partial charge >= 0.3 is 0 Å². The number of nitro benzene ring substituents is 1. The molecule has 0 aliphatic carbocycles. The van der Waals surface area contributed by atoms with E-state index in [2.05, 4.69) is 6.07 Å². The fourth-order valence-corrected chi connectivity index (χ4v) is 4.53. The van der Waals surface area contributed by atoms with E-state index < -0.39 is 4.92 Å². The molecule has 1 aromatic heterocycles. The molecule has 142 valence electrons. The van der Waals surface area contributed by atoms with Crippen molar-refractivity contribution in [3.05, 3.63) is 75.3 Å². The van der Waals surface area contributed by atoms with E-state index in [0.717, 1.165) is 28.9 Å². The van der Waals surface area contributed by atoms with Gasteiger partial charge in [-0.15, -0.1) is 11.3 Å². The van der Waals surface area contributed by atoms with Gasteiger partial charge < -0.3 is 4.90 Å². The van der Waals surface area contributed by atoms with Gasteiger partial charge in [-0.1, -0.05) is 12.1 Å². The fraction of sp³-hybridized carbons (Fsp3) is 0.238. The number of carbonyl (C=O) groups is 1. The van der Waals surface area contributed by atoms with E-state index in [4.69, 9.17) is 4.98 Å². The number of nitrogens with zero attached hydrogens (tertiary/aromatic N) is 3. The summed E-state index contributed by atoms with van der Waals surface area (Å²) >= 11 is 1.75. The third kappa shape index (κ3) is 3.94. The molecule has 1 amide bonds. The lowest BCUT2D eigenvalue weighted by Crippen LogP contribution is -2.36. The largest absolute Gasteiger partial charge is 0.339 e. The van der Waals surface area contributed by atoms with Gasteiger partial charge in [-0.25, -0.2) is 4.98 Å². The van der Waals surface area contributed by atoms with Gasteiger partial charge in [-0.05, 0) is 48.7 Å². The number of likely N-dealkylation sites (tertiary alicyclic amines) is 1. The number of piperidine rings is 1. The van der Waals surface area contributed by atoms with Gasteiger partial charge in [0, 0.05) is 37.2 Å². The molecule has 0 radical (unpaired) electrons. The lowest BCUT2D eigenvalue weighted by molar-refractivity contribution is -0.384. The molecule has 0 atom stereocenters. The normalized spacial score (nSPS) is 15.4. The molecule has 28 heavy (non-hydrogen) atoms. The Kier molecular flexibility index (Phi) is 5.16. The highest BCUT2D eigenvalue weighted by Gasteiger charge is 2.25. The number of fused-ring (bicyclic) bond motifs is 1. The van der Waals surface area contributed by atoms with Crippen LogP contribution in [0.15, 0.2) is 54.6 Å². The van der Waals surface area contributed by atoms with Crippen LogP contribution in [0.3, 0.4) is 0 Å². The van der Waals surface area contributed by atoms with Crippen LogP contribution in [0.4, 0.5) is 5.69 Å². The zero-order valence-electron chi connectivity index (χ0n) is 15.2. The summed E-state index contributed by atoms with van der Waals surface area (Å²) in [4.78, 5) is 29.3. The van der Waals surface area contributed by atoms with Crippen LogP contribution >= 0.6 is 11.3 Å². The molecule has 2 heterocycles.